The number of hydrogen-bond acceptors (Lipinski definition) is 5. The van der Waals surface area contributed by atoms with Gasteiger partial charge in [-0.2, -0.15) is 0 Å². The van der Waals surface area contributed by atoms with E-state index in [0.29, 0.717) is 16.8 Å². The highest BCUT2D eigenvalue weighted by Gasteiger charge is 2.17. The molecular weight excluding hydrogens is 436 g/mol. The molecule has 172 valence electrons. The lowest BCUT2D eigenvalue weighted by molar-refractivity contribution is 0.102. The number of pyridine rings is 1. The molecule has 0 radical (unpaired) electrons. The first-order valence-corrected chi connectivity index (χ1v) is 11.4. The molecule has 0 saturated heterocycles. The summed E-state index contributed by atoms with van der Waals surface area (Å²) in [6.45, 7) is 10.2. The van der Waals surface area contributed by atoms with Gasteiger partial charge in [0.2, 0.25) is 0 Å². The zero-order chi connectivity index (χ0) is 23.8. The summed E-state index contributed by atoms with van der Waals surface area (Å²) in [5.41, 5.74) is 3.73. The number of nitrogens with one attached hydrogen (secondary N) is 2. The smallest absolute Gasteiger partial charge is 0.257 e. The molecule has 0 fully saturated rings. The van der Waals surface area contributed by atoms with Gasteiger partial charge in [-0.25, -0.2) is 0 Å². The third-order valence-corrected chi connectivity index (χ3v) is 5.54. The molecule has 1 heterocycles. The molecule has 0 saturated carbocycles. The lowest BCUT2D eigenvalue weighted by Crippen LogP contribution is -2.24. The summed E-state index contributed by atoms with van der Waals surface area (Å²) in [5.74, 6) is -0.623. The van der Waals surface area contributed by atoms with Gasteiger partial charge in [-0.15, -0.1) is 0 Å². The third kappa shape index (κ3) is 5.84. The van der Waals surface area contributed by atoms with Gasteiger partial charge in [0.15, 0.2) is 5.75 Å². The van der Waals surface area contributed by atoms with Crippen LogP contribution in [0.4, 0.5) is 22.7 Å². The van der Waals surface area contributed by atoms with Gasteiger partial charge < -0.3 is 20.6 Å². The topological polar surface area (TPSA) is 77.5 Å². The number of aromatic hydroxyl groups is 1. The fraction of sp³-hybridized carbons (Fsp3) is 0.231. The Morgan fingerprint density at radius 2 is 1.85 bits per heavy atom. The molecule has 2 aromatic carbocycles. The number of benzene rings is 2. The number of phenolic OH excluding ortho intramolecular Hbond substituents is 1. The molecule has 6 nitrogen and oxygen atoms in total. The number of halogens is 1. The van der Waals surface area contributed by atoms with E-state index in [1.165, 1.54) is 11.9 Å². The van der Waals surface area contributed by atoms with Crippen molar-refractivity contribution in [1.82, 2.24) is 4.98 Å². The Bertz CT molecular complexity index is 1100. The molecule has 0 aliphatic carbocycles. The highest BCUT2D eigenvalue weighted by Crippen LogP contribution is 2.41. The van der Waals surface area contributed by atoms with Gasteiger partial charge in [-0.05, 0) is 55.3 Å². The maximum absolute atomic E-state index is 12.6. The summed E-state index contributed by atoms with van der Waals surface area (Å²) in [6.07, 6.45) is 6.77. The van der Waals surface area contributed by atoms with Crippen LogP contribution in [-0.2, 0) is 0 Å². The van der Waals surface area contributed by atoms with E-state index >= 15 is 0 Å². The second-order valence-corrected chi connectivity index (χ2v) is 7.98. The third-order valence-electron chi connectivity index (χ3n) is 5.15. The molecule has 0 bridgehead atoms. The van der Waals surface area contributed by atoms with Crippen molar-refractivity contribution >= 4 is 46.3 Å². The van der Waals surface area contributed by atoms with E-state index in [1.54, 1.807) is 30.5 Å². The number of rotatable bonds is 10. The summed E-state index contributed by atoms with van der Waals surface area (Å²) in [6, 6.07) is 13.1. The molecule has 7 heteroatoms. The number of carbonyl (C=O) groups excluding carboxylic acids is 1. The molecule has 0 atom stereocenters. The van der Waals surface area contributed by atoms with Gasteiger partial charge >= 0.3 is 0 Å². The van der Waals surface area contributed by atoms with Crippen LogP contribution in [0.3, 0.4) is 0 Å². The fourth-order valence-corrected chi connectivity index (χ4v) is 3.85. The predicted molar refractivity (Wildman–Crippen MR) is 138 cm³/mol. The zero-order valence-corrected chi connectivity index (χ0v) is 19.7. The molecule has 3 N–H and O–H groups in total. The predicted octanol–water partition coefficient (Wildman–Crippen LogP) is 6.71. The van der Waals surface area contributed by atoms with Crippen molar-refractivity contribution in [2.75, 3.05) is 28.6 Å². The fourth-order valence-electron chi connectivity index (χ4n) is 3.57. The number of phenols is 1. The summed E-state index contributed by atoms with van der Waals surface area (Å²) in [7, 11) is 0. The number of aromatic nitrogens is 1. The van der Waals surface area contributed by atoms with E-state index in [9.17, 15) is 9.90 Å². The largest absolute Gasteiger partial charge is 0.504 e. The molecule has 0 unspecified atom stereocenters. The summed E-state index contributed by atoms with van der Waals surface area (Å²) in [5, 5.41) is 16.7. The average Bonchev–Trinajstić information content (AvgIpc) is 2.83. The number of hydrogen-bond donors (Lipinski definition) is 3. The van der Waals surface area contributed by atoms with E-state index in [0.717, 1.165) is 31.6 Å². The van der Waals surface area contributed by atoms with Crippen molar-refractivity contribution < 1.29 is 9.90 Å². The Hall–Kier alpha value is -3.51. The summed E-state index contributed by atoms with van der Waals surface area (Å²) >= 11 is 6.40. The van der Waals surface area contributed by atoms with Crippen LogP contribution in [0.5, 0.6) is 5.75 Å². The number of nitrogens with zero attached hydrogens (tertiary/aromatic N) is 2. The minimum Gasteiger partial charge on any atom is -0.504 e. The van der Waals surface area contributed by atoms with Crippen LogP contribution in [0.1, 0.15) is 42.6 Å². The van der Waals surface area contributed by atoms with Crippen molar-refractivity contribution in [3.05, 3.63) is 77.6 Å². The second kappa shape index (κ2) is 11.4. The highest BCUT2D eigenvalue weighted by molar-refractivity contribution is 6.34. The van der Waals surface area contributed by atoms with Crippen LogP contribution < -0.4 is 15.5 Å². The van der Waals surface area contributed by atoms with E-state index in [2.05, 4.69) is 53.1 Å². The minimum atomic E-state index is -0.400. The van der Waals surface area contributed by atoms with Gasteiger partial charge in [0.1, 0.15) is 0 Å². The summed E-state index contributed by atoms with van der Waals surface area (Å²) in [4.78, 5) is 18.9. The minimum absolute atomic E-state index is 0.102. The second-order valence-electron chi connectivity index (χ2n) is 7.61. The van der Waals surface area contributed by atoms with Gasteiger partial charge in [0.05, 0.1) is 16.3 Å². The van der Waals surface area contributed by atoms with Gasteiger partial charge in [0.25, 0.3) is 5.91 Å². The van der Waals surface area contributed by atoms with Crippen molar-refractivity contribution in [3.63, 3.8) is 0 Å². The molecule has 0 aliphatic heterocycles. The van der Waals surface area contributed by atoms with E-state index in [-0.39, 0.29) is 16.5 Å². The zero-order valence-electron chi connectivity index (χ0n) is 18.9. The maximum atomic E-state index is 12.6. The monoisotopic (exact) mass is 464 g/mol. The molecule has 3 rings (SSSR count). The first-order chi connectivity index (χ1) is 16.0. The molecule has 3 aromatic rings. The first-order valence-electron chi connectivity index (χ1n) is 11.0. The molecule has 0 aliphatic rings. The van der Waals surface area contributed by atoms with E-state index in [4.69, 9.17) is 11.6 Å². The van der Waals surface area contributed by atoms with Crippen LogP contribution in [-0.4, -0.2) is 29.1 Å². The van der Waals surface area contributed by atoms with Crippen LogP contribution in [0.15, 0.2) is 61.4 Å². The summed E-state index contributed by atoms with van der Waals surface area (Å²) < 4.78 is 0. The maximum Gasteiger partial charge on any atom is 0.257 e. The van der Waals surface area contributed by atoms with Crippen molar-refractivity contribution in [3.8, 4) is 5.75 Å². The molecule has 33 heavy (non-hydrogen) atoms. The standard InChI is InChI=1S/C26H29ClN4O2/c1-4-14-31(15-5-2)20-11-9-19(10-12-20)29-22-16-23(25(32)24(27)21(22)6-3)30-26(33)18-8-7-13-28-17-18/h6-13,16-17,29,32H,3-5,14-15H2,1-2H3,(H,30,33). The van der Waals surface area contributed by atoms with Crippen LogP contribution in [0.2, 0.25) is 5.02 Å². The van der Waals surface area contributed by atoms with Crippen LogP contribution in [0, 0.1) is 0 Å². The quantitative estimate of drug-likeness (QED) is 0.229. The van der Waals surface area contributed by atoms with Crippen LogP contribution in [0.25, 0.3) is 6.08 Å². The Kier molecular flexibility index (Phi) is 8.33. The Morgan fingerprint density at radius 1 is 1.15 bits per heavy atom. The number of anilines is 4. The average molecular weight is 465 g/mol. The normalized spacial score (nSPS) is 10.5. The van der Waals surface area contributed by atoms with Crippen molar-refractivity contribution in [2.45, 2.75) is 26.7 Å². The Morgan fingerprint density at radius 3 is 2.42 bits per heavy atom. The van der Waals surface area contributed by atoms with Crippen molar-refractivity contribution in [2.24, 2.45) is 0 Å². The van der Waals surface area contributed by atoms with Gasteiger partial charge in [-0.3, -0.25) is 9.78 Å². The van der Waals surface area contributed by atoms with Gasteiger partial charge in [0, 0.05) is 48.1 Å². The Balaban J connectivity index is 1.88. The molecular formula is C26H29ClN4O2. The van der Waals surface area contributed by atoms with Gasteiger partial charge in [-0.1, -0.05) is 38.1 Å². The number of carbonyl (C=O) groups is 1. The first kappa shape index (κ1) is 24.1. The lowest BCUT2D eigenvalue weighted by Gasteiger charge is -2.24. The van der Waals surface area contributed by atoms with Crippen molar-refractivity contribution in [1.29, 1.82) is 0 Å². The highest BCUT2D eigenvalue weighted by atomic mass is 35.5. The SMILES string of the molecule is C=Cc1c(Nc2ccc(N(CCC)CCC)cc2)cc(NC(=O)c2cccnc2)c(O)c1Cl. The van der Waals surface area contributed by atoms with E-state index in [1.807, 2.05) is 12.1 Å². The lowest BCUT2D eigenvalue weighted by atomic mass is 10.1. The van der Waals surface area contributed by atoms with E-state index < -0.39 is 5.91 Å². The number of amides is 1. The molecule has 0 spiro atoms. The Labute approximate surface area is 199 Å². The molecule has 1 aromatic heterocycles. The van der Waals surface area contributed by atoms with Crippen LogP contribution >= 0.6 is 11.6 Å². The molecule has 1 amide bonds.